The third-order valence-corrected chi connectivity index (χ3v) is 8.79. The van der Waals surface area contributed by atoms with E-state index >= 15 is 0 Å². The molecule has 228 valence electrons. The summed E-state index contributed by atoms with van der Waals surface area (Å²) in [6.45, 7) is 8.86. The minimum atomic E-state index is -0.856. The number of benzene rings is 1. The van der Waals surface area contributed by atoms with Crippen molar-refractivity contribution in [1.29, 1.82) is 0 Å². The number of ether oxygens (including phenoxy) is 2. The number of hydrogen-bond donors (Lipinski definition) is 2. The van der Waals surface area contributed by atoms with Crippen molar-refractivity contribution in [3.8, 4) is 17.0 Å². The summed E-state index contributed by atoms with van der Waals surface area (Å²) in [5.41, 5.74) is 3.66. The van der Waals surface area contributed by atoms with Crippen molar-refractivity contribution < 1.29 is 19.4 Å². The second-order valence-corrected chi connectivity index (χ2v) is 12.7. The number of methoxy groups -OCH3 is 1. The maximum absolute atomic E-state index is 12.0. The summed E-state index contributed by atoms with van der Waals surface area (Å²) in [5, 5.41) is 24.4. The van der Waals surface area contributed by atoms with Crippen LogP contribution in [-0.4, -0.2) is 79.6 Å². The number of fused-ring (bicyclic) bond motifs is 1. The molecule has 1 amide bonds. The molecule has 0 radical (unpaired) electrons. The first-order valence-electron chi connectivity index (χ1n) is 15.1. The molecule has 11 nitrogen and oxygen atoms in total. The maximum atomic E-state index is 12.0. The number of aromatic nitrogens is 5. The van der Waals surface area contributed by atoms with Crippen LogP contribution in [0.5, 0.6) is 5.75 Å². The van der Waals surface area contributed by atoms with Crippen molar-refractivity contribution >= 4 is 22.8 Å². The molecule has 4 aromatic rings. The molecular formula is C32H41N7O4. The summed E-state index contributed by atoms with van der Waals surface area (Å²) in [6.07, 6.45) is 8.19. The third kappa shape index (κ3) is 6.04. The van der Waals surface area contributed by atoms with Crippen LogP contribution in [0.15, 0.2) is 48.9 Å². The fourth-order valence-electron chi connectivity index (χ4n) is 6.39. The van der Waals surface area contributed by atoms with Crippen LogP contribution in [-0.2, 0) is 11.3 Å². The number of pyridine rings is 1. The number of rotatable bonds is 7. The number of nitrogens with one attached hydrogen (secondary N) is 1. The van der Waals surface area contributed by atoms with Crippen LogP contribution in [0.25, 0.3) is 22.2 Å². The minimum Gasteiger partial charge on any atom is -0.497 e. The Bertz CT molecular complexity index is 1570. The van der Waals surface area contributed by atoms with Gasteiger partial charge in [0.1, 0.15) is 17.3 Å². The molecule has 6 rings (SSSR count). The van der Waals surface area contributed by atoms with Crippen LogP contribution >= 0.6 is 0 Å². The van der Waals surface area contributed by atoms with Gasteiger partial charge in [-0.3, -0.25) is 9.36 Å². The van der Waals surface area contributed by atoms with Crippen LogP contribution in [0, 0.1) is 5.41 Å². The van der Waals surface area contributed by atoms with Gasteiger partial charge in [-0.05, 0) is 54.9 Å². The Labute approximate surface area is 251 Å². The largest absolute Gasteiger partial charge is 0.497 e. The molecule has 43 heavy (non-hydrogen) atoms. The van der Waals surface area contributed by atoms with Gasteiger partial charge in [-0.15, -0.1) is 0 Å². The molecule has 2 unspecified atom stereocenters. The average Bonchev–Trinajstić information content (AvgIpc) is 3.63. The van der Waals surface area contributed by atoms with Crippen molar-refractivity contribution in [2.24, 2.45) is 5.41 Å². The summed E-state index contributed by atoms with van der Waals surface area (Å²) in [7, 11) is 1.67. The summed E-state index contributed by atoms with van der Waals surface area (Å²) < 4.78 is 15.0. The second kappa shape index (κ2) is 11.9. The molecule has 11 heteroatoms. The lowest BCUT2D eigenvalue weighted by Gasteiger charge is -2.44. The second-order valence-electron chi connectivity index (χ2n) is 12.7. The molecule has 2 aliphatic heterocycles. The van der Waals surface area contributed by atoms with E-state index < -0.39 is 6.09 Å². The number of carbonyl (C=O) groups is 1. The lowest BCUT2D eigenvalue weighted by molar-refractivity contribution is 0.0408. The molecule has 0 aliphatic carbocycles. The first kappa shape index (κ1) is 29.0. The van der Waals surface area contributed by atoms with Gasteiger partial charge in [0.15, 0.2) is 0 Å². The molecule has 2 atom stereocenters. The van der Waals surface area contributed by atoms with Gasteiger partial charge in [-0.2, -0.15) is 10.2 Å². The fraction of sp³-hybridized carbons (Fsp3) is 0.500. The Morgan fingerprint density at radius 3 is 2.60 bits per heavy atom. The third-order valence-electron chi connectivity index (χ3n) is 8.79. The van der Waals surface area contributed by atoms with Crippen LogP contribution in [0.2, 0.25) is 0 Å². The highest BCUT2D eigenvalue weighted by molar-refractivity contribution is 6.00. The Balaban J connectivity index is 1.36. The highest BCUT2D eigenvalue weighted by atomic mass is 16.5. The summed E-state index contributed by atoms with van der Waals surface area (Å²) >= 11 is 0. The zero-order valence-electron chi connectivity index (χ0n) is 25.4. The zero-order valence-corrected chi connectivity index (χ0v) is 25.4. The first-order valence-corrected chi connectivity index (χ1v) is 15.1. The van der Waals surface area contributed by atoms with E-state index in [1.54, 1.807) is 12.0 Å². The number of anilines is 1. The molecule has 3 aromatic heterocycles. The molecule has 2 fully saturated rings. The minimum absolute atomic E-state index is 0.0965. The SMILES string of the molecule is COc1ccc(Cn2nc(-c3cnn(C4CCN(C(=O)O)C(C(C)(C)C)C4)c3)c3c(NC4CCOCC4)nccc32)cc1. The van der Waals surface area contributed by atoms with Crippen molar-refractivity contribution in [2.45, 2.75) is 71.1 Å². The molecule has 1 aromatic carbocycles. The lowest BCUT2D eigenvalue weighted by atomic mass is 9.79. The Kier molecular flexibility index (Phi) is 8.00. The normalized spacial score (nSPS) is 20.0. The van der Waals surface area contributed by atoms with Gasteiger partial charge in [0.2, 0.25) is 0 Å². The number of nitrogens with zero attached hydrogens (tertiary/aromatic N) is 6. The highest BCUT2D eigenvalue weighted by Gasteiger charge is 2.39. The van der Waals surface area contributed by atoms with Crippen LogP contribution in [0.4, 0.5) is 10.6 Å². The van der Waals surface area contributed by atoms with E-state index in [4.69, 9.17) is 24.7 Å². The predicted molar refractivity (Wildman–Crippen MR) is 165 cm³/mol. The van der Waals surface area contributed by atoms with Crippen LogP contribution in [0.3, 0.4) is 0 Å². The van der Waals surface area contributed by atoms with Gasteiger partial charge in [-0.25, -0.2) is 9.78 Å². The van der Waals surface area contributed by atoms with E-state index in [0.717, 1.165) is 65.3 Å². The summed E-state index contributed by atoms with van der Waals surface area (Å²) in [4.78, 5) is 18.3. The van der Waals surface area contributed by atoms with Crippen LogP contribution < -0.4 is 10.1 Å². The van der Waals surface area contributed by atoms with Gasteiger partial charge >= 0.3 is 6.09 Å². The van der Waals surface area contributed by atoms with E-state index in [2.05, 4.69) is 44.4 Å². The summed E-state index contributed by atoms with van der Waals surface area (Å²) in [6, 6.07) is 10.3. The molecular weight excluding hydrogens is 546 g/mol. The van der Waals surface area contributed by atoms with E-state index in [0.29, 0.717) is 25.9 Å². The van der Waals surface area contributed by atoms with Gasteiger partial charge in [0.05, 0.1) is 36.8 Å². The topological polar surface area (TPSA) is 120 Å². The number of hydrogen-bond acceptors (Lipinski definition) is 7. The van der Waals surface area contributed by atoms with E-state index in [1.165, 1.54) is 0 Å². The van der Waals surface area contributed by atoms with Gasteiger partial charge in [0.25, 0.3) is 0 Å². The number of piperidine rings is 1. The van der Waals surface area contributed by atoms with Crippen molar-refractivity contribution in [3.05, 3.63) is 54.5 Å². The van der Waals surface area contributed by atoms with Crippen molar-refractivity contribution in [1.82, 2.24) is 29.4 Å². The Hall–Kier alpha value is -4.12. The number of amides is 1. The molecule has 5 heterocycles. The molecule has 2 aliphatic rings. The maximum Gasteiger partial charge on any atom is 0.407 e. The highest BCUT2D eigenvalue weighted by Crippen LogP contribution is 2.38. The fourth-order valence-corrected chi connectivity index (χ4v) is 6.39. The van der Waals surface area contributed by atoms with Crippen molar-refractivity contribution in [3.63, 3.8) is 0 Å². The van der Waals surface area contributed by atoms with Gasteiger partial charge < -0.3 is 24.8 Å². The molecule has 0 bridgehead atoms. The molecule has 0 saturated carbocycles. The standard InChI is InChI=1S/C32H41N7O4/c1-32(2,3)27-17-24(10-14-37(27)31(40)41)38-20-22(18-34-38)29-28-26(9-13-33-30(28)35-23-11-15-43-16-12-23)39(36-29)19-21-5-7-25(42-4)8-6-21/h5-9,13,18,20,23-24,27H,10-12,14-17,19H2,1-4H3,(H,33,35)(H,40,41). The van der Waals surface area contributed by atoms with Gasteiger partial charge in [0, 0.05) is 49.8 Å². The van der Waals surface area contributed by atoms with Gasteiger partial charge in [-0.1, -0.05) is 32.9 Å². The lowest BCUT2D eigenvalue weighted by Crippen LogP contribution is -2.51. The van der Waals surface area contributed by atoms with E-state index in [-0.39, 0.29) is 23.5 Å². The average molecular weight is 588 g/mol. The number of likely N-dealkylation sites (tertiary alicyclic amines) is 1. The zero-order chi connectivity index (χ0) is 30.1. The van der Waals surface area contributed by atoms with Crippen molar-refractivity contribution in [2.75, 3.05) is 32.2 Å². The summed E-state index contributed by atoms with van der Waals surface area (Å²) in [5.74, 6) is 1.63. The monoisotopic (exact) mass is 587 g/mol. The molecule has 2 saturated heterocycles. The smallest absolute Gasteiger partial charge is 0.407 e. The Morgan fingerprint density at radius 1 is 1.14 bits per heavy atom. The predicted octanol–water partition coefficient (Wildman–Crippen LogP) is 5.67. The molecule has 0 spiro atoms. The van der Waals surface area contributed by atoms with Crippen LogP contribution in [0.1, 0.15) is 58.1 Å². The van der Waals surface area contributed by atoms with E-state index in [1.807, 2.05) is 40.0 Å². The van der Waals surface area contributed by atoms with E-state index in [9.17, 15) is 9.90 Å². The Morgan fingerprint density at radius 2 is 1.91 bits per heavy atom. The number of carboxylic acid groups (broad SMARTS) is 1. The quantitative estimate of drug-likeness (QED) is 0.284. The molecule has 2 N–H and O–H groups in total. The first-order chi connectivity index (χ1) is 20.7.